The van der Waals surface area contributed by atoms with Gasteiger partial charge in [-0.2, -0.15) is 5.26 Å². The second kappa shape index (κ2) is 5.95. The van der Waals surface area contributed by atoms with E-state index in [0.717, 1.165) is 0 Å². The number of benzene rings is 2. The minimum Gasteiger partial charge on any atom is -0.478 e. The van der Waals surface area contributed by atoms with E-state index < -0.39 is 5.97 Å². The molecule has 4 nitrogen and oxygen atoms in total. The van der Waals surface area contributed by atoms with Gasteiger partial charge < -0.3 is 9.84 Å². The third-order valence-corrected chi connectivity index (χ3v) is 3.18. The molecule has 1 N–H and O–H groups in total. The van der Waals surface area contributed by atoms with E-state index in [1.54, 1.807) is 12.1 Å². The summed E-state index contributed by atoms with van der Waals surface area (Å²) in [4.78, 5) is 11.2. The minimum atomic E-state index is -1.12. The largest absolute Gasteiger partial charge is 0.478 e. The van der Waals surface area contributed by atoms with Crippen molar-refractivity contribution in [3.63, 3.8) is 0 Å². The van der Waals surface area contributed by atoms with Gasteiger partial charge in [0.25, 0.3) is 0 Å². The highest BCUT2D eigenvalue weighted by atomic mass is 79.9. The van der Waals surface area contributed by atoms with Gasteiger partial charge >= 0.3 is 5.97 Å². The lowest BCUT2D eigenvalue weighted by molar-refractivity contribution is 0.0694. The highest BCUT2D eigenvalue weighted by Crippen LogP contribution is 2.31. The Morgan fingerprint density at radius 1 is 1.25 bits per heavy atom. The number of aromatic carboxylic acids is 1. The molecule has 2 rings (SSSR count). The van der Waals surface area contributed by atoms with E-state index in [1.807, 2.05) is 6.07 Å². The van der Waals surface area contributed by atoms with Crippen LogP contribution in [0.3, 0.4) is 0 Å². The van der Waals surface area contributed by atoms with E-state index in [9.17, 15) is 4.79 Å². The molecule has 2 aromatic rings. The van der Waals surface area contributed by atoms with Crippen molar-refractivity contribution in [1.82, 2.24) is 0 Å². The average molecular weight is 353 g/mol. The lowest BCUT2D eigenvalue weighted by atomic mass is 10.2. The number of hydrogen-bond donors (Lipinski definition) is 1. The third-order valence-electron chi connectivity index (χ3n) is 2.45. The Hall–Kier alpha value is -2.03. The van der Waals surface area contributed by atoms with Gasteiger partial charge in [-0.1, -0.05) is 27.5 Å². The maximum atomic E-state index is 11.2. The molecule has 0 unspecified atom stereocenters. The summed E-state index contributed by atoms with van der Waals surface area (Å²) in [6.45, 7) is 0. The molecule has 0 amide bonds. The summed E-state index contributed by atoms with van der Waals surface area (Å²) in [6, 6.07) is 11.1. The standard InChI is InChI=1S/C14H7BrClNO3/c15-9-1-3-13(11(6-9)14(18)19)20-12-4-2-10(16)5-8(12)7-17/h1-6H,(H,18,19). The van der Waals surface area contributed by atoms with E-state index in [1.165, 1.54) is 24.3 Å². The van der Waals surface area contributed by atoms with Crippen molar-refractivity contribution in [3.05, 3.63) is 57.0 Å². The third kappa shape index (κ3) is 3.10. The van der Waals surface area contributed by atoms with Crippen LogP contribution in [0.15, 0.2) is 40.9 Å². The first-order chi connectivity index (χ1) is 9.51. The van der Waals surface area contributed by atoms with Crippen molar-refractivity contribution in [2.75, 3.05) is 0 Å². The Kier molecular flexibility index (Phi) is 4.28. The molecule has 0 aliphatic heterocycles. The number of carbonyl (C=O) groups is 1. The van der Waals surface area contributed by atoms with E-state index in [0.29, 0.717) is 9.50 Å². The van der Waals surface area contributed by atoms with Crippen LogP contribution in [0.5, 0.6) is 11.5 Å². The smallest absolute Gasteiger partial charge is 0.339 e. The summed E-state index contributed by atoms with van der Waals surface area (Å²) >= 11 is 8.99. The second-order valence-corrected chi connectivity index (χ2v) is 5.15. The zero-order valence-electron chi connectivity index (χ0n) is 9.93. The predicted octanol–water partition coefficient (Wildman–Crippen LogP) is 4.46. The van der Waals surface area contributed by atoms with Gasteiger partial charge in [-0.3, -0.25) is 0 Å². The zero-order chi connectivity index (χ0) is 14.7. The van der Waals surface area contributed by atoms with Crippen molar-refractivity contribution < 1.29 is 14.6 Å². The Morgan fingerprint density at radius 2 is 1.95 bits per heavy atom. The van der Waals surface area contributed by atoms with E-state index in [2.05, 4.69) is 15.9 Å². The Labute approximate surface area is 128 Å². The molecule has 0 aliphatic rings. The molecule has 0 saturated carbocycles. The number of carboxylic acid groups (broad SMARTS) is 1. The highest BCUT2D eigenvalue weighted by molar-refractivity contribution is 9.10. The number of ether oxygens (including phenoxy) is 1. The van der Waals surface area contributed by atoms with Crippen molar-refractivity contribution in [2.24, 2.45) is 0 Å². The van der Waals surface area contributed by atoms with Gasteiger partial charge in [0.15, 0.2) is 0 Å². The van der Waals surface area contributed by atoms with Gasteiger partial charge in [-0.15, -0.1) is 0 Å². The van der Waals surface area contributed by atoms with Crippen LogP contribution in [0, 0.1) is 11.3 Å². The SMILES string of the molecule is N#Cc1cc(Cl)ccc1Oc1ccc(Br)cc1C(=O)O. The lowest BCUT2D eigenvalue weighted by Gasteiger charge is -2.10. The van der Waals surface area contributed by atoms with Crippen LogP contribution in [0.4, 0.5) is 0 Å². The quantitative estimate of drug-likeness (QED) is 0.885. The first-order valence-electron chi connectivity index (χ1n) is 5.41. The van der Waals surface area contributed by atoms with Gasteiger partial charge in [-0.25, -0.2) is 4.79 Å². The molecule has 0 aromatic heterocycles. The average Bonchev–Trinajstić information content (AvgIpc) is 2.42. The molecule has 0 fully saturated rings. The predicted molar refractivity (Wildman–Crippen MR) is 77.3 cm³/mol. The molecule has 2 aromatic carbocycles. The number of carboxylic acids is 1. The van der Waals surface area contributed by atoms with Gasteiger partial charge in [-0.05, 0) is 36.4 Å². The molecule has 0 aliphatic carbocycles. The molecule has 100 valence electrons. The molecular weight excluding hydrogens is 346 g/mol. The summed E-state index contributed by atoms with van der Waals surface area (Å²) in [5.74, 6) is -0.713. The fourth-order valence-corrected chi connectivity index (χ4v) is 2.09. The Bertz CT molecular complexity index is 725. The molecule has 0 saturated heterocycles. The van der Waals surface area contributed by atoms with Crippen LogP contribution in [0.25, 0.3) is 0 Å². The van der Waals surface area contributed by atoms with Gasteiger partial charge in [0.1, 0.15) is 23.1 Å². The van der Waals surface area contributed by atoms with Gasteiger partial charge in [0.2, 0.25) is 0 Å². The van der Waals surface area contributed by atoms with Crippen molar-refractivity contribution in [2.45, 2.75) is 0 Å². The monoisotopic (exact) mass is 351 g/mol. The van der Waals surface area contributed by atoms with E-state index >= 15 is 0 Å². The molecule has 6 heteroatoms. The molecular formula is C14H7BrClNO3. The molecule has 0 atom stereocenters. The summed E-state index contributed by atoms with van der Waals surface area (Å²) in [7, 11) is 0. The van der Waals surface area contributed by atoms with Crippen LogP contribution in [-0.4, -0.2) is 11.1 Å². The second-order valence-electron chi connectivity index (χ2n) is 3.80. The van der Waals surface area contributed by atoms with E-state index in [-0.39, 0.29) is 22.6 Å². The summed E-state index contributed by atoms with van der Waals surface area (Å²) in [5.41, 5.74) is 0.231. The normalized spacial score (nSPS) is 9.85. The van der Waals surface area contributed by atoms with Crippen molar-refractivity contribution >= 4 is 33.5 Å². The van der Waals surface area contributed by atoms with Crippen molar-refractivity contribution in [1.29, 1.82) is 5.26 Å². The Morgan fingerprint density at radius 3 is 2.60 bits per heavy atom. The fourth-order valence-electron chi connectivity index (χ4n) is 1.56. The molecule has 0 radical (unpaired) electrons. The summed E-state index contributed by atoms with van der Waals surface area (Å²) in [5, 5.41) is 18.6. The number of hydrogen-bond acceptors (Lipinski definition) is 3. The van der Waals surface area contributed by atoms with Crippen LogP contribution < -0.4 is 4.74 Å². The van der Waals surface area contributed by atoms with E-state index in [4.69, 9.17) is 26.7 Å². The van der Waals surface area contributed by atoms with Crippen LogP contribution >= 0.6 is 27.5 Å². The van der Waals surface area contributed by atoms with Crippen LogP contribution in [0.2, 0.25) is 5.02 Å². The molecule has 20 heavy (non-hydrogen) atoms. The number of nitriles is 1. The van der Waals surface area contributed by atoms with Crippen molar-refractivity contribution in [3.8, 4) is 17.6 Å². The van der Waals surface area contributed by atoms with Crippen LogP contribution in [0.1, 0.15) is 15.9 Å². The highest BCUT2D eigenvalue weighted by Gasteiger charge is 2.14. The fraction of sp³-hybridized carbons (Fsp3) is 0. The first kappa shape index (κ1) is 14.4. The maximum absolute atomic E-state index is 11.2. The molecule has 0 heterocycles. The zero-order valence-corrected chi connectivity index (χ0v) is 12.3. The van der Waals surface area contributed by atoms with Gasteiger partial charge in [0.05, 0.1) is 5.56 Å². The lowest BCUT2D eigenvalue weighted by Crippen LogP contribution is -2.00. The number of nitrogens with zero attached hydrogens (tertiary/aromatic N) is 1. The number of halogens is 2. The first-order valence-corrected chi connectivity index (χ1v) is 6.58. The minimum absolute atomic E-state index is 0.00165. The van der Waals surface area contributed by atoms with Crippen LogP contribution in [-0.2, 0) is 0 Å². The molecule has 0 spiro atoms. The van der Waals surface area contributed by atoms with Gasteiger partial charge in [0, 0.05) is 9.50 Å². The topological polar surface area (TPSA) is 70.3 Å². The molecule has 0 bridgehead atoms. The summed E-state index contributed by atoms with van der Waals surface area (Å²) in [6.07, 6.45) is 0. The Balaban J connectivity index is 2.45. The number of rotatable bonds is 3. The maximum Gasteiger partial charge on any atom is 0.339 e. The summed E-state index contributed by atoms with van der Waals surface area (Å²) < 4.78 is 6.14.